The predicted octanol–water partition coefficient (Wildman–Crippen LogP) is 3.41. The molecule has 2 aliphatic rings. The van der Waals surface area contributed by atoms with Crippen molar-refractivity contribution in [3.8, 4) is 11.3 Å². The second kappa shape index (κ2) is 8.59. The summed E-state index contributed by atoms with van der Waals surface area (Å²) in [4.78, 5) is 14.3. The highest BCUT2D eigenvalue weighted by atomic mass is 19.4. The van der Waals surface area contributed by atoms with Crippen LogP contribution in [0, 0.1) is 5.92 Å². The zero-order valence-electron chi connectivity index (χ0n) is 17.5. The van der Waals surface area contributed by atoms with Crippen molar-refractivity contribution >= 4 is 22.5 Å². The largest absolute Gasteiger partial charge is 0.408 e. The number of H-pyrrole nitrogens is 1. The van der Waals surface area contributed by atoms with Gasteiger partial charge in [0.1, 0.15) is 23.8 Å². The molecule has 1 unspecified atom stereocenters. The fourth-order valence-corrected chi connectivity index (χ4v) is 4.46. The number of hydrogen-bond donors (Lipinski definition) is 3. The molecule has 4 heterocycles. The molecule has 5 rings (SSSR count). The van der Waals surface area contributed by atoms with E-state index >= 15 is 0 Å². The third-order valence-electron chi connectivity index (χ3n) is 6.16. The van der Waals surface area contributed by atoms with Crippen molar-refractivity contribution in [2.45, 2.75) is 18.6 Å². The van der Waals surface area contributed by atoms with Crippen molar-refractivity contribution in [2.75, 3.05) is 49.6 Å². The number of nitrogens with zero attached hydrogens (tertiary/aromatic N) is 3. The van der Waals surface area contributed by atoms with Gasteiger partial charge in [-0.25, -0.2) is 9.97 Å². The Balaban J connectivity index is 1.37. The molecule has 0 spiro atoms. The molecule has 2 fully saturated rings. The second-order valence-corrected chi connectivity index (χ2v) is 8.24. The van der Waals surface area contributed by atoms with Crippen LogP contribution in [0.2, 0.25) is 0 Å². The van der Waals surface area contributed by atoms with Gasteiger partial charge in [0, 0.05) is 36.9 Å². The van der Waals surface area contributed by atoms with Crippen LogP contribution < -0.4 is 15.5 Å². The van der Waals surface area contributed by atoms with E-state index in [0.29, 0.717) is 38.4 Å². The van der Waals surface area contributed by atoms with E-state index in [-0.39, 0.29) is 0 Å². The molecule has 32 heavy (non-hydrogen) atoms. The van der Waals surface area contributed by atoms with E-state index in [4.69, 9.17) is 4.74 Å². The normalized spacial score (nSPS) is 20.6. The minimum Gasteiger partial charge on any atom is -0.378 e. The molecule has 2 saturated heterocycles. The summed E-state index contributed by atoms with van der Waals surface area (Å²) < 4.78 is 46.2. The topological polar surface area (TPSA) is 78.1 Å². The van der Waals surface area contributed by atoms with E-state index in [9.17, 15) is 13.2 Å². The molecule has 2 aromatic heterocycles. The zero-order valence-corrected chi connectivity index (χ0v) is 17.5. The summed E-state index contributed by atoms with van der Waals surface area (Å²) in [6.07, 6.45) is -2.26. The fourth-order valence-electron chi connectivity index (χ4n) is 4.46. The molecule has 2 aliphatic heterocycles. The quantitative estimate of drug-likeness (QED) is 0.558. The van der Waals surface area contributed by atoms with Crippen LogP contribution in [0.5, 0.6) is 0 Å². The third kappa shape index (κ3) is 4.24. The van der Waals surface area contributed by atoms with Crippen molar-refractivity contribution in [2.24, 2.45) is 5.92 Å². The van der Waals surface area contributed by atoms with E-state index in [1.54, 1.807) is 12.1 Å². The van der Waals surface area contributed by atoms with Crippen molar-refractivity contribution in [1.82, 2.24) is 20.3 Å². The lowest BCUT2D eigenvalue weighted by Crippen LogP contribution is -2.43. The monoisotopic (exact) mass is 446 g/mol. The maximum absolute atomic E-state index is 13.6. The maximum atomic E-state index is 13.6. The van der Waals surface area contributed by atoms with Crippen LogP contribution in [-0.4, -0.2) is 66.6 Å². The van der Waals surface area contributed by atoms with Gasteiger partial charge in [-0.05, 0) is 36.7 Å². The van der Waals surface area contributed by atoms with E-state index in [2.05, 4.69) is 30.5 Å². The number of halogens is 3. The standard InChI is InChI=1S/C22H25F3N6O/c23-22(24,25)19(15-5-6-26-12-15)29-16-3-1-14(2-4-16)18-11-17-20(30-18)27-13-28-21(17)31-7-9-32-10-8-31/h1-4,11,13,15,19,26,29H,5-10,12H2,(H,27,28,30)/t15-,19?/m0/s1. The molecule has 0 bridgehead atoms. The molecule has 3 N–H and O–H groups in total. The van der Waals surface area contributed by atoms with Gasteiger partial charge in [0.2, 0.25) is 0 Å². The Morgan fingerprint density at radius 2 is 1.91 bits per heavy atom. The summed E-state index contributed by atoms with van der Waals surface area (Å²) in [6, 6.07) is 7.44. The molecular formula is C22H25F3N6O. The highest BCUT2D eigenvalue weighted by Crippen LogP contribution is 2.33. The number of aromatic amines is 1. The van der Waals surface area contributed by atoms with Crippen molar-refractivity contribution in [3.63, 3.8) is 0 Å². The SMILES string of the molecule is FC(F)(F)C(Nc1ccc(-c2cc3c(N4CCOCC4)ncnc3[nH]2)cc1)[C@H]1CCNC1. The number of fused-ring (bicyclic) bond motifs is 1. The van der Waals surface area contributed by atoms with Gasteiger partial charge in [0.05, 0.1) is 18.6 Å². The first-order valence-electron chi connectivity index (χ1n) is 10.8. The molecule has 170 valence electrons. The summed E-state index contributed by atoms with van der Waals surface area (Å²) in [5.41, 5.74) is 2.89. The Labute approximate surface area is 183 Å². The molecule has 0 saturated carbocycles. The fraction of sp³-hybridized carbons (Fsp3) is 0.455. The molecule has 7 nitrogen and oxygen atoms in total. The Bertz CT molecular complexity index is 1060. The van der Waals surface area contributed by atoms with Crippen LogP contribution >= 0.6 is 0 Å². The minimum absolute atomic E-state index is 0.372. The van der Waals surface area contributed by atoms with Gasteiger partial charge in [-0.15, -0.1) is 0 Å². The van der Waals surface area contributed by atoms with Gasteiger partial charge >= 0.3 is 6.18 Å². The van der Waals surface area contributed by atoms with Crippen molar-refractivity contribution < 1.29 is 17.9 Å². The summed E-state index contributed by atoms with van der Waals surface area (Å²) in [5, 5.41) is 6.63. The molecular weight excluding hydrogens is 421 g/mol. The Kier molecular flexibility index (Phi) is 5.64. The second-order valence-electron chi connectivity index (χ2n) is 8.24. The maximum Gasteiger partial charge on any atom is 0.408 e. The van der Waals surface area contributed by atoms with Crippen molar-refractivity contribution in [3.05, 3.63) is 36.7 Å². The molecule has 10 heteroatoms. The first-order valence-corrected chi connectivity index (χ1v) is 10.8. The summed E-state index contributed by atoms with van der Waals surface area (Å²) in [6.45, 7) is 3.85. The smallest absolute Gasteiger partial charge is 0.378 e. The first-order chi connectivity index (χ1) is 15.5. The highest BCUT2D eigenvalue weighted by molar-refractivity contribution is 5.92. The Morgan fingerprint density at radius 1 is 1.12 bits per heavy atom. The minimum atomic E-state index is -4.30. The number of benzene rings is 1. The number of hydrogen-bond acceptors (Lipinski definition) is 6. The molecule has 0 radical (unpaired) electrons. The van der Waals surface area contributed by atoms with Crippen LogP contribution in [0.15, 0.2) is 36.7 Å². The number of alkyl halides is 3. The number of rotatable bonds is 5. The molecule has 0 aliphatic carbocycles. The first kappa shape index (κ1) is 21.0. The number of aromatic nitrogens is 3. The van der Waals surface area contributed by atoms with Gasteiger partial charge in [-0.2, -0.15) is 13.2 Å². The van der Waals surface area contributed by atoms with Gasteiger partial charge in [0.15, 0.2) is 0 Å². The Morgan fingerprint density at radius 3 is 2.59 bits per heavy atom. The lowest BCUT2D eigenvalue weighted by molar-refractivity contribution is -0.151. The highest BCUT2D eigenvalue weighted by Gasteiger charge is 2.45. The molecule has 0 amide bonds. The lowest BCUT2D eigenvalue weighted by Gasteiger charge is -2.27. The van der Waals surface area contributed by atoms with E-state index in [1.807, 2.05) is 18.2 Å². The van der Waals surface area contributed by atoms with Crippen LogP contribution in [0.3, 0.4) is 0 Å². The van der Waals surface area contributed by atoms with Crippen LogP contribution in [-0.2, 0) is 4.74 Å². The number of anilines is 2. The molecule has 2 atom stereocenters. The number of ether oxygens (including phenoxy) is 1. The van der Waals surface area contributed by atoms with Crippen LogP contribution in [0.1, 0.15) is 6.42 Å². The summed E-state index contributed by atoms with van der Waals surface area (Å²) >= 11 is 0. The third-order valence-corrected chi connectivity index (χ3v) is 6.16. The van der Waals surface area contributed by atoms with E-state index < -0.39 is 18.1 Å². The van der Waals surface area contributed by atoms with Gasteiger partial charge < -0.3 is 25.3 Å². The average molecular weight is 446 g/mol. The zero-order chi connectivity index (χ0) is 22.1. The summed E-state index contributed by atoms with van der Waals surface area (Å²) in [5.74, 6) is 0.387. The molecule has 1 aromatic carbocycles. The molecule has 3 aromatic rings. The van der Waals surface area contributed by atoms with Crippen molar-refractivity contribution in [1.29, 1.82) is 0 Å². The lowest BCUT2D eigenvalue weighted by atomic mass is 9.98. The summed E-state index contributed by atoms with van der Waals surface area (Å²) in [7, 11) is 0. The van der Waals surface area contributed by atoms with Gasteiger partial charge in [-0.3, -0.25) is 0 Å². The van der Waals surface area contributed by atoms with E-state index in [0.717, 1.165) is 41.2 Å². The average Bonchev–Trinajstić information content (AvgIpc) is 3.47. The van der Waals surface area contributed by atoms with E-state index in [1.165, 1.54) is 6.33 Å². The van der Waals surface area contributed by atoms with Crippen LogP contribution in [0.25, 0.3) is 22.3 Å². The van der Waals surface area contributed by atoms with Crippen LogP contribution in [0.4, 0.5) is 24.7 Å². The number of nitrogens with one attached hydrogen (secondary N) is 3. The van der Waals surface area contributed by atoms with Gasteiger partial charge in [-0.1, -0.05) is 12.1 Å². The Hall–Kier alpha value is -2.85. The predicted molar refractivity (Wildman–Crippen MR) is 117 cm³/mol. The number of morpholine rings is 1. The van der Waals surface area contributed by atoms with Gasteiger partial charge in [0.25, 0.3) is 0 Å².